The number of nitrogens with zero attached hydrogens (tertiary/aromatic N) is 4. The fourth-order valence-corrected chi connectivity index (χ4v) is 3.44. The molecule has 0 bridgehead atoms. The minimum absolute atomic E-state index is 0.0127. The van der Waals surface area contributed by atoms with Crippen LogP contribution in [0.25, 0.3) is 16.9 Å². The highest BCUT2D eigenvalue weighted by molar-refractivity contribution is 5.74. The van der Waals surface area contributed by atoms with E-state index in [1.165, 1.54) is 0 Å². The van der Waals surface area contributed by atoms with E-state index in [9.17, 15) is 4.79 Å². The van der Waals surface area contributed by atoms with Crippen molar-refractivity contribution in [3.63, 3.8) is 0 Å². The van der Waals surface area contributed by atoms with Crippen molar-refractivity contribution in [3.8, 4) is 22.7 Å². The van der Waals surface area contributed by atoms with E-state index in [1.54, 1.807) is 17.9 Å². The van der Waals surface area contributed by atoms with E-state index in [2.05, 4.69) is 15.1 Å². The van der Waals surface area contributed by atoms with Crippen LogP contribution >= 0.6 is 0 Å². The summed E-state index contributed by atoms with van der Waals surface area (Å²) in [5, 5.41) is 8.23. The Kier molecular flexibility index (Phi) is 3.62. The van der Waals surface area contributed by atoms with Gasteiger partial charge in [-0.1, -0.05) is 0 Å². The monoisotopic (exact) mass is 334 g/mol. The molecule has 0 saturated heterocycles. The molecule has 6 nitrogen and oxygen atoms in total. The molecule has 2 heterocycles. The van der Waals surface area contributed by atoms with Gasteiger partial charge in [0.15, 0.2) is 0 Å². The number of hydrogen-bond donors (Lipinski definition) is 0. The zero-order chi connectivity index (χ0) is 17.6. The minimum Gasteiger partial charge on any atom is -0.497 e. The summed E-state index contributed by atoms with van der Waals surface area (Å²) < 4.78 is 6.82. The molecule has 6 heteroatoms. The van der Waals surface area contributed by atoms with Gasteiger partial charge in [0.1, 0.15) is 11.4 Å². The van der Waals surface area contributed by atoms with Gasteiger partial charge in [0.2, 0.25) is 0 Å². The Morgan fingerprint density at radius 1 is 1.08 bits per heavy atom. The molecule has 0 fully saturated rings. The molecule has 2 aromatic heterocycles. The van der Waals surface area contributed by atoms with Gasteiger partial charge in [-0.25, -0.2) is 0 Å². The average molecular weight is 334 g/mol. The summed E-state index contributed by atoms with van der Waals surface area (Å²) in [5.41, 5.74) is 3.97. The largest absolute Gasteiger partial charge is 0.497 e. The van der Waals surface area contributed by atoms with Crippen LogP contribution in [0.2, 0.25) is 0 Å². The molecule has 1 atom stereocenters. The third-order valence-corrected chi connectivity index (χ3v) is 4.57. The SMILES string of the molecule is COc1ccc(-n2ccc3c(c2=O)-c2nnccc2C3N(C)C)cc1. The molecule has 0 saturated carbocycles. The lowest BCUT2D eigenvalue weighted by atomic mass is 10.1. The first-order valence-electron chi connectivity index (χ1n) is 8.00. The molecule has 0 spiro atoms. The molecular weight excluding hydrogens is 316 g/mol. The number of methoxy groups -OCH3 is 1. The molecule has 1 aliphatic carbocycles. The van der Waals surface area contributed by atoms with Crippen molar-refractivity contribution in [2.24, 2.45) is 0 Å². The standard InChI is InChI=1S/C19H18N4O2/c1-22(2)18-14-9-11-23(12-4-6-13(25-3)7-5-12)19(24)16(14)17-15(18)8-10-20-21-17/h4-11,18H,1-3H3. The molecule has 0 amide bonds. The molecule has 1 aromatic carbocycles. The lowest BCUT2D eigenvalue weighted by Crippen LogP contribution is -2.23. The lowest BCUT2D eigenvalue weighted by molar-refractivity contribution is 0.347. The number of hydrogen-bond acceptors (Lipinski definition) is 5. The van der Waals surface area contributed by atoms with Gasteiger partial charge in [0, 0.05) is 23.6 Å². The Balaban J connectivity index is 1.93. The van der Waals surface area contributed by atoms with Crippen LogP contribution in [0.15, 0.2) is 53.6 Å². The smallest absolute Gasteiger partial charge is 0.264 e. The predicted octanol–water partition coefficient (Wildman–Crippen LogP) is 2.27. The van der Waals surface area contributed by atoms with Crippen LogP contribution in [0.1, 0.15) is 17.2 Å². The van der Waals surface area contributed by atoms with Crippen molar-refractivity contribution in [1.82, 2.24) is 19.7 Å². The van der Waals surface area contributed by atoms with Crippen molar-refractivity contribution < 1.29 is 4.74 Å². The second-order valence-electron chi connectivity index (χ2n) is 6.22. The Hall–Kier alpha value is -2.99. The van der Waals surface area contributed by atoms with Crippen molar-refractivity contribution in [3.05, 3.63) is 70.3 Å². The van der Waals surface area contributed by atoms with Crippen molar-refractivity contribution in [2.75, 3.05) is 21.2 Å². The second-order valence-corrected chi connectivity index (χ2v) is 6.22. The van der Waals surface area contributed by atoms with Crippen LogP contribution in [0.4, 0.5) is 0 Å². The maximum Gasteiger partial charge on any atom is 0.264 e. The van der Waals surface area contributed by atoms with Crippen LogP contribution in [0, 0.1) is 0 Å². The molecule has 1 aliphatic rings. The number of aromatic nitrogens is 3. The summed E-state index contributed by atoms with van der Waals surface area (Å²) in [6.07, 6.45) is 3.49. The normalized spacial score (nSPS) is 15.1. The summed E-state index contributed by atoms with van der Waals surface area (Å²) >= 11 is 0. The predicted molar refractivity (Wildman–Crippen MR) is 95.1 cm³/mol. The third-order valence-electron chi connectivity index (χ3n) is 4.57. The molecule has 0 N–H and O–H groups in total. The van der Waals surface area contributed by atoms with Gasteiger partial charge < -0.3 is 4.74 Å². The summed E-state index contributed by atoms with van der Waals surface area (Å²) in [6, 6.07) is 11.3. The molecule has 1 unspecified atom stereocenters. The Morgan fingerprint density at radius 3 is 2.52 bits per heavy atom. The van der Waals surface area contributed by atoms with Crippen molar-refractivity contribution in [1.29, 1.82) is 0 Å². The third kappa shape index (κ3) is 2.34. The Morgan fingerprint density at radius 2 is 1.84 bits per heavy atom. The molecule has 25 heavy (non-hydrogen) atoms. The first-order chi connectivity index (χ1) is 12.1. The van der Waals surface area contributed by atoms with Gasteiger partial charge in [-0.2, -0.15) is 5.10 Å². The van der Waals surface area contributed by atoms with Crippen LogP contribution in [-0.2, 0) is 0 Å². The van der Waals surface area contributed by atoms with Crippen LogP contribution < -0.4 is 10.3 Å². The van der Waals surface area contributed by atoms with Gasteiger partial charge in [-0.3, -0.25) is 14.3 Å². The first-order valence-corrected chi connectivity index (χ1v) is 8.00. The second kappa shape index (κ2) is 5.82. The fraction of sp³-hybridized carbons (Fsp3) is 0.211. The number of ether oxygens (including phenoxy) is 1. The minimum atomic E-state index is -0.0891. The van der Waals surface area contributed by atoms with E-state index in [0.717, 1.165) is 22.6 Å². The number of rotatable bonds is 3. The Bertz CT molecular complexity index is 993. The number of benzene rings is 1. The maximum absolute atomic E-state index is 13.2. The highest BCUT2D eigenvalue weighted by Gasteiger charge is 2.34. The van der Waals surface area contributed by atoms with Crippen molar-refractivity contribution in [2.45, 2.75) is 6.04 Å². The molecule has 0 aliphatic heterocycles. The summed E-state index contributed by atoms with van der Waals surface area (Å²) in [4.78, 5) is 15.3. The molecular formula is C19H18N4O2. The quantitative estimate of drug-likeness (QED) is 0.735. The zero-order valence-corrected chi connectivity index (χ0v) is 14.3. The summed E-state index contributed by atoms with van der Waals surface area (Å²) in [7, 11) is 5.62. The summed E-state index contributed by atoms with van der Waals surface area (Å²) in [6.45, 7) is 0. The number of fused-ring (bicyclic) bond motifs is 3. The molecule has 4 rings (SSSR count). The fourth-order valence-electron chi connectivity index (χ4n) is 3.44. The van der Waals surface area contributed by atoms with Gasteiger partial charge in [-0.05, 0) is 56.1 Å². The Labute approximate surface area is 145 Å². The van der Waals surface area contributed by atoms with Crippen LogP contribution in [0.3, 0.4) is 0 Å². The molecule has 0 radical (unpaired) electrons. The summed E-state index contributed by atoms with van der Waals surface area (Å²) in [5.74, 6) is 0.752. The van der Waals surface area contributed by atoms with Crippen LogP contribution in [-0.4, -0.2) is 40.9 Å². The highest BCUT2D eigenvalue weighted by Crippen LogP contribution is 2.42. The molecule has 126 valence electrons. The molecule has 3 aromatic rings. The van der Waals surface area contributed by atoms with Gasteiger partial charge >= 0.3 is 0 Å². The number of pyridine rings is 1. The van der Waals surface area contributed by atoms with Crippen LogP contribution in [0.5, 0.6) is 5.75 Å². The van der Waals surface area contributed by atoms with E-state index in [4.69, 9.17) is 4.74 Å². The van der Waals surface area contributed by atoms with E-state index in [-0.39, 0.29) is 11.6 Å². The highest BCUT2D eigenvalue weighted by atomic mass is 16.5. The van der Waals surface area contributed by atoms with Gasteiger partial charge in [0.05, 0.1) is 18.7 Å². The van der Waals surface area contributed by atoms with E-state index in [0.29, 0.717) is 11.3 Å². The maximum atomic E-state index is 13.2. The topological polar surface area (TPSA) is 60.3 Å². The van der Waals surface area contributed by atoms with Crippen molar-refractivity contribution >= 4 is 0 Å². The van der Waals surface area contributed by atoms with E-state index >= 15 is 0 Å². The van der Waals surface area contributed by atoms with Gasteiger partial charge in [0.25, 0.3) is 5.56 Å². The zero-order valence-electron chi connectivity index (χ0n) is 14.3. The van der Waals surface area contributed by atoms with E-state index < -0.39 is 0 Å². The first kappa shape index (κ1) is 15.5. The lowest BCUT2D eigenvalue weighted by Gasteiger charge is -2.21. The average Bonchev–Trinajstić information content (AvgIpc) is 2.97. The van der Waals surface area contributed by atoms with E-state index in [1.807, 2.05) is 56.7 Å². The van der Waals surface area contributed by atoms with Gasteiger partial charge in [-0.15, -0.1) is 5.10 Å².